The van der Waals surface area contributed by atoms with Crippen LogP contribution < -0.4 is 5.73 Å². The number of carbonyl (C=O) groups is 1. The molecule has 108 valence electrons. The van der Waals surface area contributed by atoms with E-state index in [2.05, 4.69) is 9.47 Å². The van der Waals surface area contributed by atoms with E-state index in [1.165, 1.54) is 6.07 Å². The molecular formula is C11H15F3N2O3. The van der Waals surface area contributed by atoms with Gasteiger partial charge in [-0.15, -0.1) is 0 Å². The molecule has 0 radical (unpaired) electrons. The molecular weight excluding hydrogens is 265 g/mol. The standard InChI is InChI=1S/C11H15F3N2O3/c1-2-3-16-5-8(15)4-9(16)10(17)19-7-18-6-11(12,13)14/h4-5H,2-3,6-7,15H2,1H3. The lowest BCUT2D eigenvalue weighted by atomic mass is 10.4. The molecule has 1 aromatic rings. The Labute approximate surface area is 108 Å². The highest BCUT2D eigenvalue weighted by Gasteiger charge is 2.27. The van der Waals surface area contributed by atoms with Gasteiger partial charge in [0, 0.05) is 12.7 Å². The Kier molecular flexibility index (Phi) is 5.22. The number of nitrogen functional groups attached to an aromatic ring is 1. The number of aryl methyl sites for hydroxylation is 1. The maximum Gasteiger partial charge on any atom is 0.411 e. The first-order valence-corrected chi connectivity index (χ1v) is 5.60. The van der Waals surface area contributed by atoms with E-state index in [0.717, 1.165) is 6.42 Å². The van der Waals surface area contributed by atoms with Gasteiger partial charge in [0.15, 0.2) is 6.79 Å². The summed E-state index contributed by atoms with van der Waals surface area (Å²) in [4.78, 5) is 11.6. The van der Waals surface area contributed by atoms with Gasteiger partial charge in [0.05, 0.1) is 5.69 Å². The molecule has 1 heterocycles. The summed E-state index contributed by atoms with van der Waals surface area (Å²) < 4.78 is 45.7. The van der Waals surface area contributed by atoms with E-state index in [4.69, 9.17) is 5.73 Å². The number of halogens is 3. The van der Waals surface area contributed by atoms with Crippen LogP contribution in [0.5, 0.6) is 0 Å². The number of hydrogen-bond donors (Lipinski definition) is 1. The molecule has 0 spiro atoms. The molecule has 0 aliphatic heterocycles. The summed E-state index contributed by atoms with van der Waals surface area (Å²) in [6, 6.07) is 1.40. The Morgan fingerprint density at radius 2 is 2.16 bits per heavy atom. The SMILES string of the molecule is CCCn1cc(N)cc1C(=O)OCOCC(F)(F)F. The Balaban J connectivity index is 2.49. The number of alkyl halides is 3. The average molecular weight is 280 g/mol. The van der Waals surface area contributed by atoms with Crippen LogP contribution in [0.2, 0.25) is 0 Å². The van der Waals surface area contributed by atoms with Crippen LogP contribution in [0.4, 0.5) is 18.9 Å². The number of esters is 1. The van der Waals surface area contributed by atoms with Gasteiger partial charge in [-0.2, -0.15) is 13.2 Å². The van der Waals surface area contributed by atoms with E-state index in [-0.39, 0.29) is 5.69 Å². The van der Waals surface area contributed by atoms with E-state index in [9.17, 15) is 18.0 Å². The van der Waals surface area contributed by atoms with Crippen molar-refractivity contribution >= 4 is 11.7 Å². The second-order valence-corrected chi connectivity index (χ2v) is 3.87. The number of nitrogens with two attached hydrogens (primary N) is 1. The van der Waals surface area contributed by atoms with Gasteiger partial charge in [0.25, 0.3) is 0 Å². The van der Waals surface area contributed by atoms with Gasteiger partial charge in [-0.3, -0.25) is 0 Å². The first-order valence-electron chi connectivity index (χ1n) is 5.60. The number of aromatic nitrogens is 1. The third kappa shape index (κ3) is 5.21. The zero-order valence-corrected chi connectivity index (χ0v) is 10.4. The van der Waals surface area contributed by atoms with Crippen molar-refractivity contribution in [2.75, 3.05) is 19.1 Å². The lowest BCUT2D eigenvalue weighted by Gasteiger charge is -2.09. The van der Waals surface area contributed by atoms with Gasteiger partial charge in [-0.05, 0) is 12.5 Å². The van der Waals surface area contributed by atoms with Crippen LogP contribution in [-0.2, 0) is 16.0 Å². The molecule has 0 fully saturated rings. The molecule has 1 aromatic heterocycles. The summed E-state index contributed by atoms with van der Waals surface area (Å²) >= 11 is 0. The fourth-order valence-corrected chi connectivity index (χ4v) is 1.46. The quantitative estimate of drug-likeness (QED) is 0.492. The fraction of sp³-hybridized carbons (Fsp3) is 0.545. The van der Waals surface area contributed by atoms with Crippen LogP contribution >= 0.6 is 0 Å². The number of rotatable bonds is 6. The highest BCUT2D eigenvalue weighted by atomic mass is 19.4. The first kappa shape index (κ1) is 15.4. The minimum Gasteiger partial charge on any atom is -0.434 e. The summed E-state index contributed by atoms with van der Waals surface area (Å²) in [7, 11) is 0. The monoisotopic (exact) mass is 280 g/mol. The molecule has 5 nitrogen and oxygen atoms in total. The number of ether oxygens (including phenoxy) is 2. The van der Waals surface area contributed by atoms with Crippen LogP contribution in [0.1, 0.15) is 23.8 Å². The topological polar surface area (TPSA) is 66.5 Å². The minimum atomic E-state index is -4.45. The number of hydrogen-bond acceptors (Lipinski definition) is 4. The highest BCUT2D eigenvalue weighted by molar-refractivity contribution is 5.89. The van der Waals surface area contributed by atoms with Gasteiger partial charge in [0.1, 0.15) is 12.3 Å². The molecule has 0 amide bonds. The first-order chi connectivity index (χ1) is 8.83. The van der Waals surface area contributed by atoms with Gasteiger partial charge < -0.3 is 19.8 Å². The molecule has 0 unspecified atom stereocenters. The molecule has 0 aliphatic carbocycles. The number of nitrogens with zero attached hydrogens (tertiary/aromatic N) is 1. The van der Waals surface area contributed by atoms with Gasteiger partial charge in [-0.25, -0.2) is 4.79 Å². The summed E-state index contributed by atoms with van der Waals surface area (Å²) in [5, 5.41) is 0. The predicted octanol–water partition coefficient (Wildman–Crippen LogP) is 2.17. The number of carbonyl (C=O) groups excluding carboxylic acids is 1. The van der Waals surface area contributed by atoms with Crippen LogP contribution in [-0.4, -0.2) is 30.1 Å². The maximum atomic E-state index is 11.8. The normalized spacial score (nSPS) is 11.6. The van der Waals surface area contributed by atoms with E-state index >= 15 is 0 Å². The smallest absolute Gasteiger partial charge is 0.411 e. The Hall–Kier alpha value is -1.70. The van der Waals surface area contributed by atoms with Gasteiger partial charge in [0.2, 0.25) is 0 Å². The van der Waals surface area contributed by atoms with Crippen LogP contribution in [0, 0.1) is 0 Å². The molecule has 19 heavy (non-hydrogen) atoms. The average Bonchev–Trinajstić information content (AvgIpc) is 2.65. The molecule has 0 atom stereocenters. The van der Waals surface area contributed by atoms with Gasteiger partial charge in [-0.1, -0.05) is 6.92 Å². The molecule has 0 saturated carbocycles. The van der Waals surface area contributed by atoms with Crippen molar-refractivity contribution in [2.24, 2.45) is 0 Å². The summed E-state index contributed by atoms with van der Waals surface area (Å²) in [5.41, 5.74) is 6.13. The fourth-order valence-electron chi connectivity index (χ4n) is 1.46. The predicted molar refractivity (Wildman–Crippen MR) is 61.4 cm³/mol. The molecule has 0 saturated heterocycles. The van der Waals surface area contributed by atoms with Gasteiger partial charge >= 0.3 is 12.1 Å². The van der Waals surface area contributed by atoms with Crippen molar-refractivity contribution < 1.29 is 27.4 Å². The van der Waals surface area contributed by atoms with Crippen molar-refractivity contribution in [1.82, 2.24) is 4.57 Å². The van der Waals surface area contributed by atoms with Crippen molar-refractivity contribution in [3.05, 3.63) is 18.0 Å². The molecule has 0 bridgehead atoms. The van der Waals surface area contributed by atoms with Crippen molar-refractivity contribution in [1.29, 1.82) is 0 Å². The van der Waals surface area contributed by atoms with E-state index in [0.29, 0.717) is 12.2 Å². The third-order valence-electron chi connectivity index (χ3n) is 2.13. The Morgan fingerprint density at radius 1 is 1.47 bits per heavy atom. The van der Waals surface area contributed by atoms with Crippen LogP contribution in [0.15, 0.2) is 12.3 Å². The third-order valence-corrected chi connectivity index (χ3v) is 2.13. The summed E-state index contributed by atoms with van der Waals surface area (Å²) in [6.07, 6.45) is -2.10. The minimum absolute atomic E-state index is 0.190. The molecule has 0 aliphatic rings. The molecule has 8 heteroatoms. The lowest BCUT2D eigenvalue weighted by molar-refractivity contribution is -0.190. The zero-order chi connectivity index (χ0) is 14.5. The van der Waals surface area contributed by atoms with Crippen molar-refractivity contribution in [3.63, 3.8) is 0 Å². The second-order valence-electron chi connectivity index (χ2n) is 3.87. The van der Waals surface area contributed by atoms with Crippen LogP contribution in [0.3, 0.4) is 0 Å². The van der Waals surface area contributed by atoms with Crippen molar-refractivity contribution in [3.8, 4) is 0 Å². The zero-order valence-electron chi connectivity index (χ0n) is 10.4. The molecule has 1 rings (SSSR count). The second kappa shape index (κ2) is 6.46. The molecule has 2 N–H and O–H groups in total. The number of anilines is 1. The van der Waals surface area contributed by atoms with E-state index < -0.39 is 25.5 Å². The lowest BCUT2D eigenvalue weighted by Crippen LogP contribution is -2.20. The van der Waals surface area contributed by atoms with Crippen molar-refractivity contribution in [2.45, 2.75) is 26.1 Å². The largest absolute Gasteiger partial charge is 0.434 e. The summed E-state index contributed by atoms with van der Waals surface area (Å²) in [5.74, 6) is -0.771. The van der Waals surface area contributed by atoms with Crippen LogP contribution in [0.25, 0.3) is 0 Å². The Morgan fingerprint density at radius 3 is 2.74 bits per heavy atom. The highest BCUT2D eigenvalue weighted by Crippen LogP contribution is 2.15. The maximum absolute atomic E-state index is 11.8. The van der Waals surface area contributed by atoms with E-state index in [1.54, 1.807) is 10.8 Å². The summed E-state index contributed by atoms with van der Waals surface area (Å²) in [6.45, 7) is 0.261. The van der Waals surface area contributed by atoms with E-state index in [1.807, 2.05) is 6.92 Å². The Bertz CT molecular complexity index is 429. The molecule has 0 aromatic carbocycles.